The number of rotatable bonds is 5. The Morgan fingerprint density at radius 2 is 1.90 bits per heavy atom. The van der Waals surface area contributed by atoms with Crippen molar-refractivity contribution in [1.29, 1.82) is 0 Å². The fraction of sp³-hybridized carbons (Fsp3) is 0.348. The van der Waals surface area contributed by atoms with Gasteiger partial charge >= 0.3 is 6.18 Å². The van der Waals surface area contributed by atoms with Gasteiger partial charge in [-0.15, -0.1) is 0 Å². The smallest absolute Gasteiger partial charge is 0.416 e. The quantitative estimate of drug-likeness (QED) is 0.474. The molecule has 8 heteroatoms. The van der Waals surface area contributed by atoms with Crippen LogP contribution in [0.4, 0.5) is 18.9 Å². The molecule has 1 amide bonds. The summed E-state index contributed by atoms with van der Waals surface area (Å²) in [6.45, 7) is 0.388. The zero-order valence-electron chi connectivity index (χ0n) is 17.1. The van der Waals surface area contributed by atoms with Crippen LogP contribution in [-0.2, 0) is 15.7 Å². The number of H-pyrrole nitrogens is 1. The van der Waals surface area contributed by atoms with Crippen molar-refractivity contribution in [2.75, 3.05) is 19.0 Å². The van der Waals surface area contributed by atoms with E-state index in [0.717, 1.165) is 29.3 Å². The number of anilines is 1. The van der Waals surface area contributed by atoms with Crippen LogP contribution in [0.2, 0.25) is 0 Å². The normalized spacial score (nSPS) is 13.9. The Morgan fingerprint density at radius 1 is 1.19 bits per heavy atom. The molecular formula is C23H25F3N2O3. The number of fused-ring (bicyclic) bond motifs is 1. The van der Waals surface area contributed by atoms with E-state index in [1.165, 1.54) is 18.6 Å². The SMILES string of the molecule is COCCC(=O)Nc1c[nH]c2ccc(O)cc12.FC(F)(F)c1ccc(C2CCC2)cc1. The van der Waals surface area contributed by atoms with Crippen LogP contribution in [0, 0.1) is 0 Å². The standard InChI is InChI=1S/C12H14N2O3.C11H11F3/c1-17-5-4-12(16)14-11-7-13-10-3-2-8(15)6-9(10)11;12-11(13,14)10-6-4-9(5-7-10)8-2-1-3-8/h2-3,6-7,13,15H,4-5H2,1H3,(H,14,16);4-8H,1-3H2. The monoisotopic (exact) mass is 434 g/mol. The molecule has 5 nitrogen and oxygen atoms in total. The van der Waals surface area contributed by atoms with Crippen molar-refractivity contribution in [3.05, 3.63) is 59.8 Å². The summed E-state index contributed by atoms with van der Waals surface area (Å²) in [6.07, 6.45) is 1.23. The maximum absolute atomic E-state index is 12.2. The number of amides is 1. The summed E-state index contributed by atoms with van der Waals surface area (Å²) in [4.78, 5) is 14.6. The van der Waals surface area contributed by atoms with E-state index >= 15 is 0 Å². The first-order valence-electron chi connectivity index (χ1n) is 10.0. The second kappa shape index (κ2) is 9.87. The number of aromatic hydroxyl groups is 1. The number of phenolic OH excluding ortho intramolecular Hbond substituents is 1. The topological polar surface area (TPSA) is 74.3 Å². The lowest BCUT2D eigenvalue weighted by atomic mass is 9.80. The molecule has 0 atom stereocenters. The first-order valence-corrected chi connectivity index (χ1v) is 10.0. The van der Waals surface area contributed by atoms with Gasteiger partial charge < -0.3 is 20.1 Å². The Labute approximate surface area is 178 Å². The predicted octanol–water partition coefficient (Wildman–Crippen LogP) is 5.82. The molecule has 0 bridgehead atoms. The van der Waals surface area contributed by atoms with Crippen molar-refractivity contribution in [3.8, 4) is 5.75 Å². The molecule has 0 aliphatic heterocycles. The molecule has 2 aromatic carbocycles. The van der Waals surface area contributed by atoms with Gasteiger partial charge in [0.15, 0.2) is 0 Å². The Morgan fingerprint density at radius 3 is 2.48 bits per heavy atom. The summed E-state index contributed by atoms with van der Waals surface area (Å²) >= 11 is 0. The zero-order valence-corrected chi connectivity index (χ0v) is 17.1. The van der Waals surface area contributed by atoms with E-state index in [-0.39, 0.29) is 11.7 Å². The van der Waals surface area contributed by atoms with Crippen LogP contribution >= 0.6 is 0 Å². The van der Waals surface area contributed by atoms with Crippen molar-refractivity contribution in [2.24, 2.45) is 0 Å². The van der Waals surface area contributed by atoms with Gasteiger partial charge in [-0.3, -0.25) is 4.79 Å². The Kier molecular flexibility index (Phi) is 7.22. The number of nitrogens with one attached hydrogen (secondary N) is 2. The Hall–Kier alpha value is -3.00. The minimum absolute atomic E-state index is 0.115. The molecule has 0 unspecified atom stereocenters. The number of benzene rings is 2. The highest BCUT2D eigenvalue weighted by Crippen LogP contribution is 2.37. The van der Waals surface area contributed by atoms with Gasteiger partial charge in [0.1, 0.15) is 5.75 Å². The molecular weight excluding hydrogens is 409 g/mol. The lowest BCUT2D eigenvalue weighted by Gasteiger charge is -2.25. The highest BCUT2D eigenvalue weighted by molar-refractivity contribution is 6.02. The van der Waals surface area contributed by atoms with Crippen LogP contribution in [-0.4, -0.2) is 29.7 Å². The predicted molar refractivity (Wildman–Crippen MR) is 113 cm³/mol. The molecule has 1 fully saturated rings. The van der Waals surface area contributed by atoms with Crippen molar-refractivity contribution in [1.82, 2.24) is 4.98 Å². The molecule has 166 valence electrons. The van der Waals surface area contributed by atoms with E-state index in [1.807, 2.05) is 0 Å². The van der Waals surface area contributed by atoms with Gasteiger partial charge in [0.2, 0.25) is 5.91 Å². The van der Waals surface area contributed by atoms with Crippen LogP contribution in [0.15, 0.2) is 48.7 Å². The summed E-state index contributed by atoms with van der Waals surface area (Å²) in [6, 6.07) is 10.5. The molecule has 1 saturated carbocycles. The molecule has 1 aliphatic rings. The molecule has 31 heavy (non-hydrogen) atoms. The van der Waals surface area contributed by atoms with Crippen LogP contribution in [0.3, 0.4) is 0 Å². The third-order valence-electron chi connectivity index (χ3n) is 5.29. The number of methoxy groups -OCH3 is 1. The second-order valence-electron chi connectivity index (χ2n) is 7.47. The third kappa shape index (κ3) is 6.01. The summed E-state index contributed by atoms with van der Waals surface area (Å²) in [7, 11) is 1.55. The van der Waals surface area contributed by atoms with E-state index in [0.29, 0.717) is 24.6 Å². The number of alkyl halides is 3. The van der Waals surface area contributed by atoms with E-state index in [1.54, 1.807) is 43.6 Å². The van der Waals surface area contributed by atoms with E-state index < -0.39 is 11.7 Å². The largest absolute Gasteiger partial charge is 0.508 e. The van der Waals surface area contributed by atoms with Gasteiger partial charge in [-0.1, -0.05) is 18.6 Å². The average molecular weight is 434 g/mol. The number of carbonyl (C=O) groups excluding carboxylic acids is 1. The minimum Gasteiger partial charge on any atom is -0.508 e. The van der Waals surface area contributed by atoms with Crippen LogP contribution in [0.5, 0.6) is 5.75 Å². The second-order valence-corrected chi connectivity index (χ2v) is 7.47. The number of aromatic nitrogens is 1. The highest BCUT2D eigenvalue weighted by atomic mass is 19.4. The van der Waals surface area contributed by atoms with Gasteiger partial charge in [-0.05, 0) is 54.7 Å². The van der Waals surface area contributed by atoms with Gasteiger partial charge in [-0.25, -0.2) is 0 Å². The highest BCUT2D eigenvalue weighted by Gasteiger charge is 2.30. The molecule has 0 radical (unpaired) electrons. The van der Waals surface area contributed by atoms with E-state index in [4.69, 9.17) is 4.74 Å². The van der Waals surface area contributed by atoms with Crippen LogP contribution in [0.25, 0.3) is 10.9 Å². The Balaban J connectivity index is 0.000000179. The fourth-order valence-electron chi connectivity index (χ4n) is 3.31. The van der Waals surface area contributed by atoms with Gasteiger partial charge in [0.05, 0.1) is 24.3 Å². The van der Waals surface area contributed by atoms with Gasteiger partial charge in [0.25, 0.3) is 0 Å². The first-order chi connectivity index (χ1) is 14.8. The van der Waals surface area contributed by atoms with Gasteiger partial charge in [0, 0.05) is 24.2 Å². The average Bonchev–Trinajstić information content (AvgIpc) is 3.07. The summed E-state index contributed by atoms with van der Waals surface area (Å²) in [5.41, 5.74) is 2.02. The lowest BCUT2D eigenvalue weighted by molar-refractivity contribution is -0.137. The maximum Gasteiger partial charge on any atom is 0.416 e. The molecule has 3 N–H and O–H groups in total. The molecule has 1 heterocycles. The number of ether oxygens (including phenoxy) is 1. The molecule has 0 spiro atoms. The first kappa shape index (κ1) is 22.7. The molecule has 0 saturated heterocycles. The molecule has 4 rings (SSSR count). The van der Waals surface area contributed by atoms with Crippen molar-refractivity contribution < 1.29 is 27.8 Å². The van der Waals surface area contributed by atoms with Crippen molar-refractivity contribution in [3.63, 3.8) is 0 Å². The maximum atomic E-state index is 12.2. The zero-order chi connectivity index (χ0) is 22.4. The van der Waals surface area contributed by atoms with Crippen LogP contribution in [0.1, 0.15) is 42.7 Å². The number of carbonyl (C=O) groups is 1. The molecule has 1 aliphatic carbocycles. The molecule has 1 aromatic heterocycles. The fourth-order valence-corrected chi connectivity index (χ4v) is 3.31. The third-order valence-corrected chi connectivity index (χ3v) is 5.29. The summed E-state index contributed by atoms with van der Waals surface area (Å²) in [5.74, 6) is 0.554. The summed E-state index contributed by atoms with van der Waals surface area (Å²) in [5, 5.41) is 13.0. The number of hydrogen-bond donors (Lipinski definition) is 3. The van der Waals surface area contributed by atoms with Crippen molar-refractivity contribution >= 4 is 22.5 Å². The minimum atomic E-state index is -4.21. The van der Waals surface area contributed by atoms with Crippen LogP contribution < -0.4 is 5.32 Å². The number of hydrogen-bond acceptors (Lipinski definition) is 3. The Bertz CT molecular complexity index is 1010. The van der Waals surface area contributed by atoms with E-state index in [2.05, 4.69) is 10.3 Å². The number of phenols is 1. The van der Waals surface area contributed by atoms with Gasteiger partial charge in [-0.2, -0.15) is 13.2 Å². The summed E-state index contributed by atoms with van der Waals surface area (Å²) < 4.78 is 41.5. The van der Waals surface area contributed by atoms with Crippen molar-refractivity contribution in [2.45, 2.75) is 37.8 Å². The van der Waals surface area contributed by atoms with E-state index in [9.17, 15) is 23.1 Å². The molecule has 3 aromatic rings. The number of aromatic amines is 1. The number of halogens is 3. The lowest BCUT2D eigenvalue weighted by Crippen LogP contribution is -2.13.